The molecule has 0 saturated carbocycles. The molecule has 3 N–H and O–H groups in total. The van der Waals surface area contributed by atoms with Gasteiger partial charge in [0.15, 0.2) is 6.10 Å². The fourth-order valence-corrected chi connectivity index (χ4v) is 6.75. The number of esters is 2. The predicted molar refractivity (Wildman–Crippen MR) is 211 cm³/mol. The van der Waals surface area contributed by atoms with Gasteiger partial charge in [-0.1, -0.05) is 167 Å². The number of ether oxygens (including phenoxy) is 2. The van der Waals surface area contributed by atoms with Gasteiger partial charge in [0.1, 0.15) is 6.61 Å². The number of unbranched alkanes of at least 4 members (excludes halogenated alkanes) is 25. The maximum absolute atomic E-state index is 12.6. The average molecular weight is 746 g/mol. The lowest BCUT2D eigenvalue weighted by molar-refractivity contribution is -0.161. The van der Waals surface area contributed by atoms with Gasteiger partial charge < -0.3 is 20.1 Å². The van der Waals surface area contributed by atoms with Gasteiger partial charge in [-0.3, -0.25) is 18.6 Å². The standard InChI is InChI=1S/C41H80NO8P/c1-3-5-7-9-11-13-15-17-18-19-20-21-22-24-26-28-30-32-34-41(44)50-39(38-49-51(45,46)48-36-35-42)37-47-40(43)33-31-29-27-25-23-16-14-12-10-8-6-4-2/h12,14,39H,3-11,13,15-38,42H2,1-2H3,(H,45,46)/b14-12-/t39-/m1/s1. The van der Waals surface area contributed by atoms with Crippen LogP contribution in [0, 0.1) is 0 Å². The summed E-state index contributed by atoms with van der Waals surface area (Å²) in [5.41, 5.74) is 5.34. The van der Waals surface area contributed by atoms with Crippen LogP contribution in [-0.2, 0) is 32.7 Å². The first kappa shape index (κ1) is 49.8. The van der Waals surface area contributed by atoms with E-state index in [1.54, 1.807) is 0 Å². The molecule has 0 fully saturated rings. The molecule has 51 heavy (non-hydrogen) atoms. The fourth-order valence-electron chi connectivity index (χ4n) is 5.98. The quantitative estimate of drug-likeness (QED) is 0.0272. The van der Waals surface area contributed by atoms with Crippen LogP contribution >= 0.6 is 7.82 Å². The summed E-state index contributed by atoms with van der Waals surface area (Å²) in [5, 5.41) is 0. The highest BCUT2D eigenvalue weighted by atomic mass is 31.2. The van der Waals surface area contributed by atoms with Crippen molar-refractivity contribution in [3.8, 4) is 0 Å². The summed E-state index contributed by atoms with van der Waals surface area (Å²) < 4.78 is 32.7. The Morgan fingerprint density at radius 2 is 0.961 bits per heavy atom. The van der Waals surface area contributed by atoms with Crippen molar-refractivity contribution in [2.45, 2.75) is 213 Å². The van der Waals surface area contributed by atoms with E-state index in [9.17, 15) is 19.0 Å². The number of carbonyl (C=O) groups excluding carboxylic acids is 2. The van der Waals surface area contributed by atoms with Crippen LogP contribution in [0.1, 0.15) is 206 Å². The number of phosphoric acid groups is 1. The molecule has 0 aromatic carbocycles. The van der Waals surface area contributed by atoms with Crippen LogP contribution in [0.4, 0.5) is 0 Å². The molecule has 2 atom stereocenters. The Bertz CT molecular complexity index is 856. The SMILES string of the molecule is CCCCC/C=C\CCCCCCCC(=O)OC[C@H](COP(=O)(O)OCCN)OC(=O)CCCCCCCCCCCCCCCCCCCC. The highest BCUT2D eigenvalue weighted by Gasteiger charge is 2.26. The molecule has 302 valence electrons. The maximum atomic E-state index is 12.6. The largest absolute Gasteiger partial charge is 0.472 e. The minimum atomic E-state index is -4.37. The Labute approximate surface area is 313 Å². The zero-order chi connectivity index (χ0) is 37.5. The van der Waals surface area contributed by atoms with Gasteiger partial charge in [-0.2, -0.15) is 0 Å². The minimum Gasteiger partial charge on any atom is -0.462 e. The van der Waals surface area contributed by atoms with Crippen LogP contribution in [0.15, 0.2) is 12.2 Å². The second-order valence-electron chi connectivity index (χ2n) is 14.2. The van der Waals surface area contributed by atoms with Crippen molar-refractivity contribution in [3.63, 3.8) is 0 Å². The first-order valence-electron chi connectivity index (χ1n) is 21.2. The van der Waals surface area contributed by atoms with Crippen molar-refractivity contribution in [3.05, 3.63) is 12.2 Å². The molecule has 0 radical (unpaired) electrons. The van der Waals surface area contributed by atoms with Crippen LogP contribution in [0.25, 0.3) is 0 Å². The third-order valence-electron chi connectivity index (χ3n) is 9.15. The van der Waals surface area contributed by atoms with Crippen LogP contribution in [-0.4, -0.2) is 49.3 Å². The van der Waals surface area contributed by atoms with Gasteiger partial charge in [0.2, 0.25) is 0 Å². The molecule has 10 heteroatoms. The molecule has 0 aliphatic rings. The molecule has 0 aliphatic carbocycles. The van der Waals surface area contributed by atoms with Crippen molar-refractivity contribution in [2.24, 2.45) is 5.73 Å². The highest BCUT2D eigenvalue weighted by Crippen LogP contribution is 2.43. The molecule has 0 amide bonds. The Hall–Kier alpha value is -1.25. The van der Waals surface area contributed by atoms with E-state index in [1.807, 2.05) is 0 Å². The van der Waals surface area contributed by atoms with Crippen molar-refractivity contribution < 1.29 is 37.6 Å². The second-order valence-corrected chi connectivity index (χ2v) is 15.7. The van der Waals surface area contributed by atoms with Crippen molar-refractivity contribution >= 4 is 19.8 Å². The summed E-state index contributed by atoms with van der Waals surface area (Å²) in [6.45, 7) is 3.72. The smallest absolute Gasteiger partial charge is 0.462 e. The molecular formula is C41H80NO8P. The molecule has 0 heterocycles. The average Bonchev–Trinajstić information content (AvgIpc) is 3.11. The van der Waals surface area contributed by atoms with Crippen LogP contribution in [0.2, 0.25) is 0 Å². The lowest BCUT2D eigenvalue weighted by atomic mass is 10.0. The monoisotopic (exact) mass is 746 g/mol. The molecule has 0 aromatic rings. The maximum Gasteiger partial charge on any atom is 0.472 e. The zero-order valence-electron chi connectivity index (χ0n) is 33.1. The van der Waals surface area contributed by atoms with Crippen LogP contribution in [0.5, 0.6) is 0 Å². The molecule has 9 nitrogen and oxygen atoms in total. The summed E-state index contributed by atoms with van der Waals surface area (Å²) in [4.78, 5) is 34.8. The van der Waals surface area contributed by atoms with Crippen LogP contribution < -0.4 is 5.73 Å². The van der Waals surface area contributed by atoms with Crippen molar-refractivity contribution in [2.75, 3.05) is 26.4 Å². The molecule has 0 aliphatic heterocycles. The summed E-state index contributed by atoms with van der Waals surface area (Å²) in [6.07, 6.45) is 38.1. The lowest BCUT2D eigenvalue weighted by Gasteiger charge is -2.19. The summed E-state index contributed by atoms with van der Waals surface area (Å²) in [6, 6.07) is 0. The van der Waals surface area contributed by atoms with Crippen molar-refractivity contribution in [1.82, 2.24) is 0 Å². The molecule has 0 rings (SSSR count). The summed E-state index contributed by atoms with van der Waals surface area (Å²) in [5.74, 6) is -0.830. The van der Waals surface area contributed by atoms with E-state index in [1.165, 1.54) is 122 Å². The minimum absolute atomic E-state index is 0.0551. The number of allylic oxidation sites excluding steroid dienone is 2. The highest BCUT2D eigenvalue weighted by molar-refractivity contribution is 7.47. The summed E-state index contributed by atoms with van der Waals surface area (Å²) >= 11 is 0. The number of hydrogen-bond donors (Lipinski definition) is 2. The van der Waals surface area contributed by atoms with E-state index in [-0.39, 0.29) is 38.6 Å². The van der Waals surface area contributed by atoms with Gasteiger partial charge in [0.25, 0.3) is 0 Å². The molecular weight excluding hydrogens is 665 g/mol. The zero-order valence-corrected chi connectivity index (χ0v) is 34.0. The van der Waals surface area contributed by atoms with E-state index >= 15 is 0 Å². The second kappa shape index (κ2) is 38.5. The van der Waals surface area contributed by atoms with Gasteiger partial charge in [-0.05, 0) is 38.5 Å². The molecule has 0 aromatic heterocycles. The normalized spacial score (nSPS) is 13.4. The number of nitrogens with two attached hydrogens (primary N) is 1. The van der Waals surface area contributed by atoms with Gasteiger partial charge in [0, 0.05) is 19.4 Å². The van der Waals surface area contributed by atoms with Gasteiger partial charge >= 0.3 is 19.8 Å². The Balaban J connectivity index is 4.11. The van der Waals surface area contributed by atoms with Gasteiger partial charge in [-0.25, -0.2) is 4.57 Å². The van der Waals surface area contributed by atoms with Gasteiger partial charge in [0.05, 0.1) is 13.2 Å². The fraction of sp³-hybridized carbons (Fsp3) is 0.902. The van der Waals surface area contributed by atoms with Crippen LogP contribution in [0.3, 0.4) is 0 Å². The van der Waals surface area contributed by atoms with E-state index in [0.717, 1.165) is 51.4 Å². The van der Waals surface area contributed by atoms with E-state index in [2.05, 4.69) is 26.0 Å². The summed E-state index contributed by atoms with van der Waals surface area (Å²) in [7, 11) is -4.37. The Morgan fingerprint density at radius 1 is 0.569 bits per heavy atom. The topological polar surface area (TPSA) is 134 Å². The van der Waals surface area contributed by atoms with Gasteiger partial charge in [-0.15, -0.1) is 0 Å². The molecule has 0 saturated heterocycles. The van der Waals surface area contributed by atoms with E-state index in [0.29, 0.717) is 6.42 Å². The Morgan fingerprint density at radius 3 is 1.43 bits per heavy atom. The van der Waals surface area contributed by atoms with E-state index < -0.39 is 26.5 Å². The van der Waals surface area contributed by atoms with Crippen molar-refractivity contribution in [1.29, 1.82) is 0 Å². The Kier molecular flexibility index (Phi) is 37.5. The molecule has 0 spiro atoms. The number of phosphoric ester groups is 1. The number of hydrogen-bond acceptors (Lipinski definition) is 8. The molecule has 1 unspecified atom stereocenters. The number of carbonyl (C=O) groups is 2. The van der Waals surface area contributed by atoms with E-state index in [4.69, 9.17) is 24.3 Å². The number of rotatable bonds is 40. The molecule has 0 bridgehead atoms. The first-order valence-corrected chi connectivity index (χ1v) is 22.7. The predicted octanol–water partition coefficient (Wildman–Crippen LogP) is 11.8. The lowest BCUT2D eigenvalue weighted by Crippen LogP contribution is -2.29. The first-order chi connectivity index (χ1) is 24.8. The third-order valence-corrected chi connectivity index (χ3v) is 10.1. The third kappa shape index (κ3) is 38.3.